The van der Waals surface area contributed by atoms with Gasteiger partial charge in [-0.2, -0.15) is 0 Å². The number of para-hydroxylation sites is 1. The summed E-state index contributed by atoms with van der Waals surface area (Å²) in [5.41, 5.74) is 2.64. The van der Waals surface area contributed by atoms with Crippen LogP contribution in [0, 0.1) is 0 Å². The molecule has 1 aromatic heterocycles. The lowest BCUT2D eigenvalue weighted by molar-refractivity contribution is 0.231. The Labute approximate surface area is 109 Å². The average Bonchev–Trinajstić information content (AvgIpc) is 3.04. The summed E-state index contributed by atoms with van der Waals surface area (Å²) in [6.07, 6.45) is 4.93. The number of H-pyrrole nitrogens is 1. The zero-order valence-electron chi connectivity index (χ0n) is 10.6. The molecule has 3 heterocycles. The van der Waals surface area contributed by atoms with E-state index in [1.807, 2.05) is 0 Å². The standard InChI is InChI=1S/C15H19N3.H2/c1-2-6-14-13(5-1)15(10-16-14)18-9-8-17-7-3-4-12(17)11-18;/h1-2,5-6,10,12,16H,3-4,7-9,11H2;1H. The summed E-state index contributed by atoms with van der Waals surface area (Å²) in [6, 6.07) is 9.39. The van der Waals surface area contributed by atoms with Crippen LogP contribution in [0.4, 0.5) is 5.69 Å². The molecule has 2 aliphatic rings. The second-order valence-corrected chi connectivity index (χ2v) is 5.50. The molecule has 2 aromatic rings. The van der Waals surface area contributed by atoms with E-state index in [9.17, 15) is 0 Å². The summed E-state index contributed by atoms with van der Waals surface area (Å²) >= 11 is 0. The van der Waals surface area contributed by atoms with Gasteiger partial charge in [0.1, 0.15) is 0 Å². The first-order chi connectivity index (χ1) is 8.92. The number of nitrogens with zero attached hydrogens (tertiary/aromatic N) is 2. The zero-order chi connectivity index (χ0) is 11.9. The van der Waals surface area contributed by atoms with Crippen LogP contribution in [0.25, 0.3) is 10.9 Å². The van der Waals surface area contributed by atoms with Crippen molar-refractivity contribution in [1.29, 1.82) is 0 Å². The van der Waals surface area contributed by atoms with Crippen molar-refractivity contribution in [2.24, 2.45) is 0 Å². The van der Waals surface area contributed by atoms with E-state index in [0.29, 0.717) is 0 Å². The van der Waals surface area contributed by atoms with Crippen molar-refractivity contribution >= 4 is 16.6 Å². The highest BCUT2D eigenvalue weighted by atomic mass is 15.3. The number of aromatic amines is 1. The predicted molar refractivity (Wildman–Crippen MR) is 77.2 cm³/mol. The molecule has 0 amide bonds. The van der Waals surface area contributed by atoms with E-state index in [-0.39, 0.29) is 1.43 Å². The summed E-state index contributed by atoms with van der Waals surface area (Å²) < 4.78 is 0. The summed E-state index contributed by atoms with van der Waals surface area (Å²) in [7, 11) is 0. The van der Waals surface area contributed by atoms with Crippen LogP contribution in [0.15, 0.2) is 30.5 Å². The van der Waals surface area contributed by atoms with Crippen LogP contribution in [0.2, 0.25) is 0 Å². The number of fused-ring (bicyclic) bond motifs is 2. The maximum Gasteiger partial charge on any atom is 0.0624 e. The fourth-order valence-corrected chi connectivity index (χ4v) is 3.53. The van der Waals surface area contributed by atoms with Gasteiger partial charge in [-0.1, -0.05) is 18.2 Å². The number of piperazine rings is 1. The SMILES string of the molecule is [HH].c1ccc2c(N3CCN4CCCC4C3)c[nH]c2c1. The highest BCUT2D eigenvalue weighted by molar-refractivity contribution is 5.92. The van der Waals surface area contributed by atoms with E-state index in [1.54, 1.807) is 0 Å². The van der Waals surface area contributed by atoms with E-state index in [4.69, 9.17) is 0 Å². The molecular weight excluding hydrogens is 222 g/mol. The Morgan fingerprint density at radius 3 is 3.11 bits per heavy atom. The Bertz CT molecular complexity index is 565. The number of nitrogens with one attached hydrogen (secondary N) is 1. The monoisotopic (exact) mass is 243 g/mol. The summed E-state index contributed by atoms with van der Waals surface area (Å²) in [4.78, 5) is 8.61. The normalized spacial score (nSPS) is 24.7. The molecule has 3 nitrogen and oxygen atoms in total. The number of benzene rings is 1. The van der Waals surface area contributed by atoms with Gasteiger partial charge in [0.05, 0.1) is 5.69 Å². The third-order valence-corrected chi connectivity index (χ3v) is 4.50. The van der Waals surface area contributed by atoms with Crippen molar-refractivity contribution in [3.8, 4) is 0 Å². The molecule has 2 fully saturated rings. The Morgan fingerprint density at radius 1 is 1.17 bits per heavy atom. The topological polar surface area (TPSA) is 22.3 Å². The predicted octanol–water partition coefficient (Wildman–Crippen LogP) is 2.70. The van der Waals surface area contributed by atoms with Gasteiger partial charge in [-0.25, -0.2) is 0 Å². The van der Waals surface area contributed by atoms with E-state index < -0.39 is 0 Å². The van der Waals surface area contributed by atoms with Crippen molar-refractivity contribution in [3.05, 3.63) is 30.5 Å². The zero-order valence-corrected chi connectivity index (χ0v) is 10.6. The highest BCUT2D eigenvalue weighted by Gasteiger charge is 2.31. The Morgan fingerprint density at radius 2 is 2.11 bits per heavy atom. The van der Waals surface area contributed by atoms with E-state index in [2.05, 4.69) is 45.2 Å². The maximum atomic E-state index is 3.39. The Hall–Kier alpha value is -1.48. The molecule has 0 spiro atoms. The number of anilines is 1. The number of aromatic nitrogens is 1. The molecule has 0 aliphatic carbocycles. The fraction of sp³-hybridized carbons (Fsp3) is 0.467. The third kappa shape index (κ3) is 1.54. The summed E-state index contributed by atoms with van der Waals surface area (Å²) in [5.74, 6) is 0. The van der Waals surface area contributed by atoms with Gasteiger partial charge in [-0.3, -0.25) is 4.90 Å². The van der Waals surface area contributed by atoms with E-state index >= 15 is 0 Å². The van der Waals surface area contributed by atoms with Crippen LogP contribution >= 0.6 is 0 Å². The van der Waals surface area contributed by atoms with Gasteiger partial charge in [-0.15, -0.1) is 0 Å². The highest BCUT2D eigenvalue weighted by Crippen LogP contribution is 2.30. The molecule has 3 heteroatoms. The molecular formula is C15H21N3. The van der Waals surface area contributed by atoms with Gasteiger partial charge in [0.25, 0.3) is 0 Å². The molecule has 0 saturated carbocycles. The minimum Gasteiger partial charge on any atom is -0.367 e. The second-order valence-electron chi connectivity index (χ2n) is 5.50. The van der Waals surface area contributed by atoms with E-state index in [0.717, 1.165) is 6.04 Å². The van der Waals surface area contributed by atoms with Gasteiger partial charge in [0, 0.05) is 44.2 Å². The van der Waals surface area contributed by atoms with Crippen LogP contribution in [-0.2, 0) is 0 Å². The van der Waals surface area contributed by atoms with Gasteiger partial charge >= 0.3 is 0 Å². The average molecular weight is 243 g/mol. The van der Waals surface area contributed by atoms with Crippen LogP contribution in [-0.4, -0.2) is 42.1 Å². The molecule has 96 valence electrons. The molecule has 0 radical (unpaired) electrons. The van der Waals surface area contributed by atoms with Crippen LogP contribution in [0.3, 0.4) is 0 Å². The summed E-state index contributed by atoms with van der Waals surface area (Å²) in [5, 5.41) is 1.36. The molecule has 0 bridgehead atoms. The number of rotatable bonds is 1. The first-order valence-corrected chi connectivity index (χ1v) is 6.97. The third-order valence-electron chi connectivity index (χ3n) is 4.50. The molecule has 1 unspecified atom stereocenters. The van der Waals surface area contributed by atoms with Crippen molar-refractivity contribution < 1.29 is 1.43 Å². The van der Waals surface area contributed by atoms with Gasteiger partial charge in [0.2, 0.25) is 0 Å². The molecule has 1 aromatic carbocycles. The minimum absolute atomic E-state index is 0. The van der Waals surface area contributed by atoms with E-state index in [1.165, 1.54) is 55.6 Å². The van der Waals surface area contributed by atoms with Crippen LogP contribution in [0.1, 0.15) is 14.3 Å². The summed E-state index contributed by atoms with van der Waals surface area (Å²) in [6.45, 7) is 4.90. The lowest BCUT2D eigenvalue weighted by atomic mass is 10.1. The molecule has 4 rings (SSSR count). The lowest BCUT2D eigenvalue weighted by Crippen LogP contribution is -2.50. The minimum atomic E-state index is 0. The molecule has 1 N–H and O–H groups in total. The first-order valence-electron chi connectivity index (χ1n) is 6.97. The number of hydrogen-bond donors (Lipinski definition) is 1. The molecule has 1 atom stereocenters. The quantitative estimate of drug-likeness (QED) is 0.832. The van der Waals surface area contributed by atoms with Crippen molar-refractivity contribution in [2.75, 3.05) is 31.1 Å². The van der Waals surface area contributed by atoms with Crippen molar-refractivity contribution in [1.82, 2.24) is 9.88 Å². The van der Waals surface area contributed by atoms with Crippen molar-refractivity contribution in [2.45, 2.75) is 18.9 Å². The molecule has 18 heavy (non-hydrogen) atoms. The van der Waals surface area contributed by atoms with Gasteiger partial charge < -0.3 is 9.88 Å². The maximum absolute atomic E-state index is 3.39. The Balaban J connectivity index is 0.00000110. The fourth-order valence-electron chi connectivity index (χ4n) is 3.53. The lowest BCUT2D eigenvalue weighted by Gasteiger charge is -2.38. The van der Waals surface area contributed by atoms with Gasteiger partial charge in [0.15, 0.2) is 0 Å². The first kappa shape index (κ1) is 10.4. The molecule has 2 saturated heterocycles. The Kier molecular flexibility index (Phi) is 2.33. The second kappa shape index (κ2) is 4.02. The van der Waals surface area contributed by atoms with Crippen LogP contribution < -0.4 is 4.90 Å². The van der Waals surface area contributed by atoms with Gasteiger partial charge in [-0.05, 0) is 25.5 Å². The molecule has 2 aliphatic heterocycles. The smallest absolute Gasteiger partial charge is 0.0624 e. The van der Waals surface area contributed by atoms with Crippen LogP contribution in [0.5, 0.6) is 0 Å². The van der Waals surface area contributed by atoms with Crippen molar-refractivity contribution in [3.63, 3.8) is 0 Å². The number of hydrogen-bond acceptors (Lipinski definition) is 2. The largest absolute Gasteiger partial charge is 0.367 e.